The van der Waals surface area contributed by atoms with Crippen LogP contribution in [0.5, 0.6) is 11.5 Å². The fourth-order valence-corrected chi connectivity index (χ4v) is 4.16. The number of carbonyl (C=O) groups is 2. The number of benzene rings is 3. The lowest BCUT2D eigenvalue weighted by molar-refractivity contribution is -0.132. The molecular weight excluding hydrogens is 480 g/mol. The van der Waals surface area contributed by atoms with Gasteiger partial charge in [-0.3, -0.25) is 14.5 Å². The number of methoxy groups -OCH3 is 1. The van der Waals surface area contributed by atoms with E-state index in [9.17, 15) is 23.5 Å². The smallest absolute Gasteiger partial charge is 0.300 e. The van der Waals surface area contributed by atoms with Gasteiger partial charge in [0, 0.05) is 22.3 Å². The highest BCUT2D eigenvalue weighted by Gasteiger charge is 2.47. The number of hydrogen-bond acceptors (Lipinski definition) is 5. The van der Waals surface area contributed by atoms with E-state index in [4.69, 9.17) is 21.1 Å². The van der Waals surface area contributed by atoms with Crippen LogP contribution >= 0.6 is 11.6 Å². The van der Waals surface area contributed by atoms with Gasteiger partial charge in [0.15, 0.2) is 23.1 Å². The highest BCUT2D eigenvalue weighted by atomic mass is 35.5. The Morgan fingerprint density at radius 3 is 2.46 bits per heavy atom. The highest BCUT2D eigenvalue weighted by Crippen LogP contribution is 2.44. The SMILES string of the molecule is CCOc1cc(C2/C(=C(\O)c3cccc(Cl)c3)C(=O)C(=O)N2c2ccc(F)c(F)c2)ccc1OC. The summed E-state index contributed by atoms with van der Waals surface area (Å²) in [5.74, 6) is -4.02. The Hall–Kier alpha value is -3.91. The second kappa shape index (κ2) is 9.76. The normalized spacial score (nSPS) is 17.1. The number of nitrogens with zero attached hydrogens (tertiary/aromatic N) is 1. The van der Waals surface area contributed by atoms with Gasteiger partial charge in [-0.2, -0.15) is 0 Å². The zero-order valence-corrected chi connectivity index (χ0v) is 19.5. The molecule has 0 radical (unpaired) electrons. The Morgan fingerprint density at radius 2 is 1.80 bits per heavy atom. The van der Waals surface area contributed by atoms with Crippen LogP contribution in [0.2, 0.25) is 5.02 Å². The van der Waals surface area contributed by atoms with E-state index in [0.29, 0.717) is 28.7 Å². The molecule has 1 fully saturated rings. The Labute approximate surface area is 205 Å². The van der Waals surface area contributed by atoms with Crippen LogP contribution in [0.15, 0.2) is 66.2 Å². The maximum atomic E-state index is 14.1. The molecule has 1 atom stereocenters. The van der Waals surface area contributed by atoms with Crippen LogP contribution in [0.4, 0.5) is 14.5 Å². The van der Waals surface area contributed by atoms with Gasteiger partial charge < -0.3 is 14.6 Å². The van der Waals surface area contributed by atoms with Crippen molar-refractivity contribution in [1.82, 2.24) is 0 Å². The van der Waals surface area contributed by atoms with E-state index in [1.165, 1.54) is 25.3 Å². The van der Waals surface area contributed by atoms with Crippen LogP contribution in [0, 0.1) is 11.6 Å². The summed E-state index contributed by atoms with van der Waals surface area (Å²) in [6.07, 6.45) is 0. The largest absolute Gasteiger partial charge is 0.507 e. The van der Waals surface area contributed by atoms with Gasteiger partial charge in [-0.1, -0.05) is 29.8 Å². The third-order valence-corrected chi connectivity index (χ3v) is 5.76. The Kier molecular flexibility index (Phi) is 6.75. The Balaban J connectivity index is 1.98. The van der Waals surface area contributed by atoms with E-state index in [1.54, 1.807) is 37.3 Å². The van der Waals surface area contributed by atoms with Gasteiger partial charge in [0.2, 0.25) is 0 Å². The molecule has 6 nitrogen and oxygen atoms in total. The molecule has 3 aromatic rings. The molecule has 1 heterocycles. The van der Waals surface area contributed by atoms with Gasteiger partial charge in [-0.25, -0.2) is 8.78 Å². The van der Waals surface area contributed by atoms with Crippen molar-refractivity contribution >= 4 is 34.7 Å². The molecule has 1 amide bonds. The minimum Gasteiger partial charge on any atom is -0.507 e. The minimum atomic E-state index is -1.19. The number of aliphatic hydroxyl groups excluding tert-OH is 1. The predicted molar refractivity (Wildman–Crippen MR) is 127 cm³/mol. The van der Waals surface area contributed by atoms with Crippen molar-refractivity contribution in [3.63, 3.8) is 0 Å². The van der Waals surface area contributed by atoms with E-state index < -0.39 is 35.1 Å². The van der Waals surface area contributed by atoms with E-state index in [-0.39, 0.29) is 16.8 Å². The quantitative estimate of drug-likeness (QED) is 0.269. The first-order chi connectivity index (χ1) is 16.8. The molecule has 0 bridgehead atoms. The van der Waals surface area contributed by atoms with E-state index in [0.717, 1.165) is 17.0 Å². The lowest BCUT2D eigenvalue weighted by Gasteiger charge is -2.26. The number of aliphatic hydroxyl groups is 1. The zero-order valence-electron chi connectivity index (χ0n) is 18.7. The maximum Gasteiger partial charge on any atom is 0.300 e. The fourth-order valence-electron chi connectivity index (χ4n) is 3.97. The van der Waals surface area contributed by atoms with Gasteiger partial charge >= 0.3 is 0 Å². The van der Waals surface area contributed by atoms with Crippen LogP contribution in [0.25, 0.3) is 5.76 Å². The molecular formula is C26H20ClF2NO5. The van der Waals surface area contributed by atoms with E-state index in [1.807, 2.05) is 0 Å². The molecule has 1 unspecified atom stereocenters. The number of anilines is 1. The van der Waals surface area contributed by atoms with Crippen LogP contribution in [0.1, 0.15) is 24.1 Å². The zero-order chi connectivity index (χ0) is 25.3. The summed E-state index contributed by atoms with van der Waals surface area (Å²) in [5.41, 5.74) is 0.288. The van der Waals surface area contributed by atoms with Crippen molar-refractivity contribution in [3.05, 3.63) is 94.0 Å². The van der Waals surface area contributed by atoms with Crippen molar-refractivity contribution in [1.29, 1.82) is 0 Å². The molecule has 9 heteroatoms. The molecule has 1 aliphatic heterocycles. The van der Waals surface area contributed by atoms with E-state index >= 15 is 0 Å². The topological polar surface area (TPSA) is 76.1 Å². The predicted octanol–water partition coefficient (Wildman–Crippen LogP) is 5.65. The molecule has 0 aliphatic carbocycles. The van der Waals surface area contributed by atoms with Gasteiger partial charge in [-0.05, 0) is 48.9 Å². The minimum absolute atomic E-state index is 0.0603. The number of amides is 1. The summed E-state index contributed by atoms with van der Waals surface area (Å²) in [7, 11) is 1.46. The molecule has 1 N–H and O–H groups in total. The van der Waals surface area contributed by atoms with Gasteiger partial charge in [0.05, 0.1) is 25.3 Å². The molecule has 35 heavy (non-hydrogen) atoms. The molecule has 0 aromatic heterocycles. The molecule has 0 spiro atoms. The molecule has 1 saturated heterocycles. The summed E-state index contributed by atoms with van der Waals surface area (Å²) in [4.78, 5) is 27.4. The van der Waals surface area contributed by atoms with Crippen molar-refractivity contribution in [2.75, 3.05) is 18.6 Å². The third-order valence-electron chi connectivity index (χ3n) is 5.53. The van der Waals surface area contributed by atoms with Gasteiger partial charge in [-0.15, -0.1) is 0 Å². The Bertz CT molecular complexity index is 1360. The number of ketones is 1. The Morgan fingerprint density at radius 1 is 1.03 bits per heavy atom. The number of halogens is 3. The summed E-state index contributed by atoms with van der Waals surface area (Å²) in [5, 5.41) is 11.4. The van der Waals surface area contributed by atoms with Crippen LogP contribution < -0.4 is 14.4 Å². The molecule has 4 rings (SSSR count). The standard InChI is InChI=1S/C26H20ClF2NO5/c1-3-35-21-12-14(7-10-20(21)34-2)23-22(24(31)15-5-4-6-16(27)11-15)25(32)26(33)30(23)17-8-9-18(28)19(29)13-17/h4-13,23,31H,3H2,1-2H3/b24-22+. The second-order valence-electron chi connectivity index (χ2n) is 7.62. The van der Waals surface area contributed by atoms with Crippen molar-refractivity contribution in [2.45, 2.75) is 13.0 Å². The maximum absolute atomic E-state index is 14.1. The van der Waals surface area contributed by atoms with Gasteiger partial charge in [0.25, 0.3) is 11.7 Å². The lowest BCUT2D eigenvalue weighted by Crippen LogP contribution is -2.29. The lowest BCUT2D eigenvalue weighted by atomic mass is 9.94. The molecule has 0 saturated carbocycles. The summed E-state index contributed by atoms with van der Waals surface area (Å²) >= 11 is 6.06. The molecule has 1 aliphatic rings. The molecule has 180 valence electrons. The molecule has 3 aromatic carbocycles. The fraction of sp³-hybridized carbons (Fsp3) is 0.154. The highest BCUT2D eigenvalue weighted by molar-refractivity contribution is 6.51. The third kappa shape index (κ3) is 4.44. The number of ether oxygens (including phenoxy) is 2. The number of hydrogen-bond donors (Lipinski definition) is 1. The summed E-state index contributed by atoms with van der Waals surface area (Å²) in [6, 6.07) is 12.6. The van der Waals surface area contributed by atoms with Crippen LogP contribution in [-0.4, -0.2) is 30.5 Å². The van der Waals surface area contributed by atoms with Gasteiger partial charge in [0.1, 0.15) is 5.76 Å². The number of carbonyl (C=O) groups excluding carboxylic acids is 2. The summed E-state index contributed by atoms with van der Waals surface area (Å²) < 4.78 is 38.7. The average molecular weight is 500 g/mol. The van der Waals surface area contributed by atoms with Crippen LogP contribution in [0.3, 0.4) is 0 Å². The second-order valence-corrected chi connectivity index (χ2v) is 8.06. The summed E-state index contributed by atoms with van der Waals surface area (Å²) in [6.45, 7) is 2.09. The number of rotatable bonds is 6. The first-order valence-electron chi connectivity index (χ1n) is 10.6. The average Bonchev–Trinajstić information content (AvgIpc) is 3.11. The van der Waals surface area contributed by atoms with Crippen molar-refractivity contribution in [2.24, 2.45) is 0 Å². The monoisotopic (exact) mass is 499 g/mol. The number of Topliss-reactive ketones (excluding diaryl/α,β-unsaturated/α-hetero) is 1. The van der Waals surface area contributed by atoms with E-state index in [2.05, 4.69) is 0 Å². The van der Waals surface area contributed by atoms with Crippen molar-refractivity contribution in [3.8, 4) is 11.5 Å². The van der Waals surface area contributed by atoms with Crippen molar-refractivity contribution < 1.29 is 33.0 Å². The first kappa shape index (κ1) is 24.2. The van der Waals surface area contributed by atoms with Crippen LogP contribution in [-0.2, 0) is 9.59 Å². The first-order valence-corrected chi connectivity index (χ1v) is 11.0.